The second kappa shape index (κ2) is 5.10. The molecule has 0 spiro atoms. The van der Waals surface area contributed by atoms with Crippen LogP contribution in [0.15, 0.2) is 6.07 Å². The SMILES string of the molecule is Cc1nc(N2CCCC2)cc(N2CCOCC2)n1. The fourth-order valence-corrected chi connectivity index (χ4v) is 2.60. The summed E-state index contributed by atoms with van der Waals surface area (Å²) in [5, 5.41) is 0. The van der Waals surface area contributed by atoms with Crippen molar-refractivity contribution in [1.29, 1.82) is 0 Å². The summed E-state index contributed by atoms with van der Waals surface area (Å²) >= 11 is 0. The highest BCUT2D eigenvalue weighted by atomic mass is 16.5. The molecule has 1 aromatic rings. The van der Waals surface area contributed by atoms with E-state index in [9.17, 15) is 0 Å². The van der Waals surface area contributed by atoms with Gasteiger partial charge in [0.2, 0.25) is 0 Å². The molecule has 18 heavy (non-hydrogen) atoms. The van der Waals surface area contributed by atoms with Crippen molar-refractivity contribution < 1.29 is 4.74 Å². The molecule has 2 saturated heterocycles. The van der Waals surface area contributed by atoms with Gasteiger partial charge in [0.05, 0.1) is 13.2 Å². The van der Waals surface area contributed by atoms with E-state index in [1.54, 1.807) is 0 Å². The van der Waals surface area contributed by atoms with Crippen LogP contribution in [-0.4, -0.2) is 49.4 Å². The van der Waals surface area contributed by atoms with Crippen LogP contribution in [0.2, 0.25) is 0 Å². The second-order valence-corrected chi connectivity index (χ2v) is 4.93. The van der Waals surface area contributed by atoms with Gasteiger partial charge in [0.15, 0.2) is 0 Å². The smallest absolute Gasteiger partial charge is 0.134 e. The average Bonchev–Trinajstić information content (AvgIpc) is 2.93. The van der Waals surface area contributed by atoms with Crippen molar-refractivity contribution in [3.8, 4) is 0 Å². The van der Waals surface area contributed by atoms with Crippen molar-refractivity contribution in [3.05, 3.63) is 11.9 Å². The van der Waals surface area contributed by atoms with Gasteiger partial charge < -0.3 is 14.5 Å². The first-order valence-corrected chi connectivity index (χ1v) is 6.76. The Kier molecular flexibility index (Phi) is 3.32. The highest BCUT2D eigenvalue weighted by molar-refractivity contribution is 5.51. The number of nitrogens with zero attached hydrogens (tertiary/aromatic N) is 4. The molecule has 0 N–H and O–H groups in total. The molecule has 2 aliphatic heterocycles. The van der Waals surface area contributed by atoms with Crippen LogP contribution in [0.3, 0.4) is 0 Å². The van der Waals surface area contributed by atoms with Crippen molar-refractivity contribution >= 4 is 11.6 Å². The first kappa shape index (κ1) is 11.7. The van der Waals surface area contributed by atoms with E-state index in [0.29, 0.717) is 0 Å². The molecule has 98 valence electrons. The van der Waals surface area contributed by atoms with Crippen LogP contribution in [-0.2, 0) is 4.74 Å². The lowest BCUT2D eigenvalue weighted by molar-refractivity contribution is 0.122. The van der Waals surface area contributed by atoms with Gasteiger partial charge in [0.1, 0.15) is 17.5 Å². The van der Waals surface area contributed by atoms with Gasteiger partial charge >= 0.3 is 0 Å². The van der Waals surface area contributed by atoms with Crippen LogP contribution in [0, 0.1) is 6.92 Å². The third-order valence-electron chi connectivity index (χ3n) is 3.58. The predicted octanol–water partition coefficient (Wildman–Crippen LogP) is 1.22. The minimum absolute atomic E-state index is 0.794. The Morgan fingerprint density at radius 1 is 0.944 bits per heavy atom. The lowest BCUT2D eigenvalue weighted by Gasteiger charge is -2.29. The van der Waals surface area contributed by atoms with E-state index in [1.165, 1.54) is 12.8 Å². The average molecular weight is 248 g/mol. The van der Waals surface area contributed by atoms with Gasteiger partial charge in [-0.15, -0.1) is 0 Å². The van der Waals surface area contributed by atoms with Gasteiger partial charge in [0, 0.05) is 32.2 Å². The van der Waals surface area contributed by atoms with Gasteiger partial charge in [-0.2, -0.15) is 0 Å². The van der Waals surface area contributed by atoms with E-state index < -0.39 is 0 Å². The lowest BCUT2D eigenvalue weighted by Crippen LogP contribution is -2.37. The third kappa shape index (κ3) is 2.41. The number of hydrogen-bond donors (Lipinski definition) is 0. The van der Waals surface area contributed by atoms with E-state index in [-0.39, 0.29) is 0 Å². The van der Waals surface area contributed by atoms with Crippen LogP contribution in [0.1, 0.15) is 18.7 Å². The van der Waals surface area contributed by atoms with Gasteiger partial charge in [-0.3, -0.25) is 0 Å². The zero-order valence-electron chi connectivity index (χ0n) is 10.9. The van der Waals surface area contributed by atoms with Crippen LogP contribution in [0.25, 0.3) is 0 Å². The summed E-state index contributed by atoms with van der Waals surface area (Å²) in [5.74, 6) is 3.00. The topological polar surface area (TPSA) is 41.5 Å². The fourth-order valence-electron chi connectivity index (χ4n) is 2.60. The zero-order valence-corrected chi connectivity index (χ0v) is 10.9. The monoisotopic (exact) mass is 248 g/mol. The number of anilines is 2. The van der Waals surface area contributed by atoms with Crippen LogP contribution >= 0.6 is 0 Å². The van der Waals surface area contributed by atoms with Crippen molar-refractivity contribution in [2.75, 3.05) is 49.2 Å². The van der Waals surface area contributed by atoms with Gasteiger partial charge in [-0.25, -0.2) is 9.97 Å². The molecule has 0 amide bonds. The molecule has 5 heteroatoms. The van der Waals surface area contributed by atoms with E-state index in [1.807, 2.05) is 6.92 Å². The summed E-state index contributed by atoms with van der Waals surface area (Å²) < 4.78 is 5.39. The maximum atomic E-state index is 5.39. The Bertz CT molecular complexity index is 411. The summed E-state index contributed by atoms with van der Waals surface area (Å²) in [6.45, 7) is 7.66. The van der Waals surface area contributed by atoms with E-state index in [2.05, 4.69) is 25.8 Å². The minimum Gasteiger partial charge on any atom is -0.378 e. The van der Waals surface area contributed by atoms with Crippen LogP contribution in [0.4, 0.5) is 11.6 Å². The van der Waals surface area contributed by atoms with Crippen molar-refractivity contribution in [2.24, 2.45) is 0 Å². The molecule has 0 radical (unpaired) electrons. The standard InChI is InChI=1S/C13H20N4O/c1-11-14-12(16-4-2-3-5-16)10-13(15-11)17-6-8-18-9-7-17/h10H,2-9H2,1H3. The predicted molar refractivity (Wildman–Crippen MR) is 71.2 cm³/mol. The molecule has 0 unspecified atom stereocenters. The second-order valence-electron chi connectivity index (χ2n) is 4.93. The normalized spacial score (nSPS) is 20.5. The summed E-state index contributed by atoms with van der Waals surface area (Å²) in [7, 11) is 0. The number of aromatic nitrogens is 2. The Labute approximate surface area is 108 Å². The molecule has 3 rings (SSSR count). The minimum atomic E-state index is 0.794. The Hall–Kier alpha value is -1.36. The Morgan fingerprint density at radius 3 is 2.11 bits per heavy atom. The Morgan fingerprint density at radius 2 is 1.50 bits per heavy atom. The van der Waals surface area contributed by atoms with Crippen molar-refractivity contribution in [2.45, 2.75) is 19.8 Å². The molecule has 1 aromatic heterocycles. The van der Waals surface area contributed by atoms with Gasteiger partial charge in [-0.05, 0) is 19.8 Å². The number of hydrogen-bond acceptors (Lipinski definition) is 5. The number of aryl methyl sites for hydroxylation is 1. The molecule has 5 nitrogen and oxygen atoms in total. The highest BCUT2D eigenvalue weighted by Crippen LogP contribution is 2.23. The van der Waals surface area contributed by atoms with E-state index in [0.717, 1.165) is 56.9 Å². The van der Waals surface area contributed by atoms with Crippen molar-refractivity contribution in [3.63, 3.8) is 0 Å². The first-order chi connectivity index (χ1) is 8.83. The molecule has 0 bridgehead atoms. The maximum Gasteiger partial charge on any atom is 0.134 e. The number of ether oxygens (including phenoxy) is 1. The fraction of sp³-hybridized carbons (Fsp3) is 0.692. The Balaban J connectivity index is 1.84. The molecule has 0 aromatic carbocycles. The first-order valence-electron chi connectivity index (χ1n) is 6.76. The molecular formula is C13H20N4O. The number of rotatable bonds is 2. The molecule has 0 saturated carbocycles. The molecule has 2 fully saturated rings. The van der Waals surface area contributed by atoms with Gasteiger partial charge in [0.25, 0.3) is 0 Å². The van der Waals surface area contributed by atoms with Gasteiger partial charge in [-0.1, -0.05) is 0 Å². The van der Waals surface area contributed by atoms with Crippen LogP contribution in [0.5, 0.6) is 0 Å². The largest absolute Gasteiger partial charge is 0.378 e. The molecule has 0 atom stereocenters. The summed E-state index contributed by atoms with van der Waals surface area (Å²) in [4.78, 5) is 13.8. The third-order valence-corrected chi connectivity index (χ3v) is 3.58. The lowest BCUT2D eigenvalue weighted by atomic mass is 10.3. The van der Waals surface area contributed by atoms with Crippen molar-refractivity contribution in [1.82, 2.24) is 9.97 Å². The summed E-state index contributed by atoms with van der Waals surface area (Å²) in [6, 6.07) is 2.13. The summed E-state index contributed by atoms with van der Waals surface area (Å²) in [6.07, 6.45) is 2.55. The molecule has 2 aliphatic rings. The molecular weight excluding hydrogens is 228 g/mol. The summed E-state index contributed by atoms with van der Waals surface area (Å²) in [5.41, 5.74) is 0. The van der Waals surface area contributed by atoms with Crippen LogP contribution < -0.4 is 9.80 Å². The van der Waals surface area contributed by atoms with E-state index >= 15 is 0 Å². The quantitative estimate of drug-likeness (QED) is 0.787. The van der Waals surface area contributed by atoms with E-state index in [4.69, 9.17) is 4.74 Å². The number of morpholine rings is 1. The molecule has 3 heterocycles. The zero-order chi connectivity index (χ0) is 12.4. The highest BCUT2D eigenvalue weighted by Gasteiger charge is 2.18. The maximum absolute atomic E-state index is 5.39. The molecule has 0 aliphatic carbocycles.